The van der Waals surface area contributed by atoms with E-state index in [1.807, 2.05) is 6.92 Å². The summed E-state index contributed by atoms with van der Waals surface area (Å²) in [5.41, 5.74) is 5.68. The normalized spacial score (nSPS) is 13.9. The molecule has 0 radical (unpaired) electrons. The average molecular weight is 271 g/mol. The first-order chi connectivity index (χ1) is 8.45. The van der Waals surface area contributed by atoms with Crippen LogP contribution in [-0.4, -0.2) is 28.0 Å². The third-order valence-corrected chi connectivity index (χ3v) is 3.43. The van der Waals surface area contributed by atoms with Crippen molar-refractivity contribution in [2.45, 2.75) is 38.8 Å². The number of carbonyl (C=O) groups excluding carboxylic acids is 1. The summed E-state index contributed by atoms with van der Waals surface area (Å²) in [4.78, 5) is 26.3. The monoisotopic (exact) mass is 271 g/mol. The molecule has 0 aliphatic heterocycles. The van der Waals surface area contributed by atoms with Crippen molar-refractivity contribution < 1.29 is 14.7 Å². The van der Waals surface area contributed by atoms with E-state index < -0.39 is 12.0 Å². The number of thiazole rings is 1. The number of carbonyl (C=O) groups is 2. The molecule has 0 saturated carbocycles. The van der Waals surface area contributed by atoms with Gasteiger partial charge in [0.2, 0.25) is 5.91 Å². The first-order valence-electron chi connectivity index (χ1n) is 5.70. The highest BCUT2D eigenvalue weighted by Crippen LogP contribution is 2.18. The Kier molecular flexibility index (Phi) is 5.24. The van der Waals surface area contributed by atoms with Crippen molar-refractivity contribution in [3.63, 3.8) is 0 Å². The molecule has 0 aliphatic carbocycles. The number of nitrogens with two attached hydrogens (primary N) is 1. The van der Waals surface area contributed by atoms with Crippen molar-refractivity contribution >= 4 is 23.2 Å². The van der Waals surface area contributed by atoms with E-state index in [2.05, 4.69) is 10.3 Å². The molecule has 1 heterocycles. The van der Waals surface area contributed by atoms with E-state index in [1.54, 1.807) is 6.92 Å². The minimum Gasteiger partial charge on any atom is -0.476 e. The van der Waals surface area contributed by atoms with Gasteiger partial charge in [-0.25, -0.2) is 9.78 Å². The number of hydrogen-bond donors (Lipinski definition) is 3. The van der Waals surface area contributed by atoms with Gasteiger partial charge in [-0.15, -0.1) is 11.3 Å². The third-order valence-electron chi connectivity index (χ3n) is 2.41. The van der Waals surface area contributed by atoms with Crippen LogP contribution in [0.15, 0.2) is 5.38 Å². The van der Waals surface area contributed by atoms with E-state index in [4.69, 9.17) is 10.8 Å². The molecule has 100 valence electrons. The van der Waals surface area contributed by atoms with Crippen molar-refractivity contribution in [1.82, 2.24) is 10.3 Å². The van der Waals surface area contributed by atoms with E-state index in [1.165, 1.54) is 16.7 Å². The summed E-state index contributed by atoms with van der Waals surface area (Å²) in [5, 5.41) is 13.5. The summed E-state index contributed by atoms with van der Waals surface area (Å²) in [5.74, 6) is -1.31. The zero-order valence-corrected chi connectivity index (χ0v) is 11.2. The fourth-order valence-corrected chi connectivity index (χ4v) is 2.21. The summed E-state index contributed by atoms with van der Waals surface area (Å²) in [6, 6.07) is -0.866. The number of carboxylic acid groups (broad SMARTS) is 1. The lowest BCUT2D eigenvalue weighted by molar-refractivity contribution is -0.123. The fourth-order valence-electron chi connectivity index (χ4n) is 1.41. The van der Waals surface area contributed by atoms with Gasteiger partial charge in [-0.05, 0) is 13.3 Å². The molecule has 7 heteroatoms. The highest BCUT2D eigenvalue weighted by atomic mass is 32.1. The number of aromatic nitrogens is 1. The van der Waals surface area contributed by atoms with E-state index >= 15 is 0 Å². The molecule has 1 unspecified atom stereocenters. The number of carboxylic acids is 1. The Labute approximate surface area is 109 Å². The van der Waals surface area contributed by atoms with Crippen LogP contribution >= 0.6 is 11.3 Å². The SMILES string of the molecule is CCC[C@H](N)C(=O)NC(C)c1nc(C(=O)O)cs1. The molecule has 0 aromatic carbocycles. The first-order valence-corrected chi connectivity index (χ1v) is 6.58. The van der Waals surface area contributed by atoms with Gasteiger partial charge in [-0.1, -0.05) is 13.3 Å². The first kappa shape index (κ1) is 14.6. The van der Waals surface area contributed by atoms with Crippen LogP contribution in [0, 0.1) is 0 Å². The van der Waals surface area contributed by atoms with Gasteiger partial charge < -0.3 is 16.2 Å². The van der Waals surface area contributed by atoms with Gasteiger partial charge in [-0.2, -0.15) is 0 Å². The van der Waals surface area contributed by atoms with Gasteiger partial charge in [0, 0.05) is 5.38 Å². The molecule has 0 spiro atoms. The molecule has 2 atom stereocenters. The van der Waals surface area contributed by atoms with Crippen molar-refractivity contribution in [1.29, 1.82) is 0 Å². The lowest BCUT2D eigenvalue weighted by atomic mass is 10.1. The number of amides is 1. The molecule has 0 fully saturated rings. The Balaban J connectivity index is 2.61. The smallest absolute Gasteiger partial charge is 0.355 e. The Hall–Kier alpha value is -1.47. The van der Waals surface area contributed by atoms with Crippen LogP contribution in [0.25, 0.3) is 0 Å². The molecule has 1 aromatic heterocycles. The van der Waals surface area contributed by atoms with E-state index in [9.17, 15) is 9.59 Å². The second-order valence-corrected chi connectivity index (χ2v) is 4.89. The van der Waals surface area contributed by atoms with E-state index in [-0.39, 0.29) is 17.6 Å². The fraction of sp³-hybridized carbons (Fsp3) is 0.545. The Morgan fingerprint density at radius 2 is 2.28 bits per heavy atom. The van der Waals surface area contributed by atoms with Crippen molar-refractivity contribution in [3.8, 4) is 0 Å². The topological polar surface area (TPSA) is 105 Å². The molecule has 0 aliphatic rings. The largest absolute Gasteiger partial charge is 0.476 e. The minimum absolute atomic E-state index is 0.00560. The van der Waals surface area contributed by atoms with Crippen LogP contribution < -0.4 is 11.1 Å². The second-order valence-electron chi connectivity index (χ2n) is 4.00. The number of rotatable bonds is 6. The lowest BCUT2D eigenvalue weighted by Gasteiger charge is -2.15. The zero-order valence-electron chi connectivity index (χ0n) is 10.3. The predicted octanol–water partition coefficient (Wildman–Crippen LogP) is 1.15. The molecule has 0 saturated heterocycles. The Morgan fingerprint density at radius 3 is 2.78 bits per heavy atom. The maximum absolute atomic E-state index is 11.7. The molecule has 18 heavy (non-hydrogen) atoms. The maximum Gasteiger partial charge on any atom is 0.355 e. The van der Waals surface area contributed by atoms with Crippen molar-refractivity contribution in [2.24, 2.45) is 5.73 Å². The molecular weight excluding hydrogens is 254 g/mol. The third kappa shape index (κ3) is 3.78. The van der Waals surface area contributed by atoms with E-state index in [0.717, 1.165) is 6.42 Å². The summed E-state index contributed by atoms with van der Waals surface area (Å²) in [7, 11) is 0. The van der Waals surface area contributed by atoms with E-state index in [0.29, 0.717) is 11.4 Å². The van der Waals surface area contributed by atoms with Crippen molar-refractivity contribution in [3.05, 3.63) is 16.1 Å². The van der Waals surface area contributed by atoms with Gasteiger partial charge in [0.05, 0.1) is 12.1 Å². The minimum atomic E-state index is -1.07. The van der Waals surface area contributed by atoms with Crippen LogP contribution in [0.5, 0.6) is 0 Å². The average Bonchev–Trinajstić information content (AvgIpc) is 2.78. The summed E-state index contributed by atoms with van der Waals surface area (Å²) < 4.78 is 0. The van der Waals surface area contributed by atoms with Crippen LogP contribution in [-0.2, 0) is 4.79 Å². The summed E-state index contributed by atoms with van der Waals surface area (Å²) >= 11 is 1.21. The Morgan fingerprint density at radius 1 is 1.61 bits per heavy atom. The maximum atomic E-state index is 11.7. The molecule has 1 aromatic rings. The predicted molar refractivity (Wildman–Crippen MR) is 68.5 cm³/mol. The van der Waals surface area contributed by atoms with Gasteiger partial charge >= 0.3 is 5.97 Å². The van der Waals surface area contributed by atoms with Gasteiger partial charge in [0.15, 0.2) is 5.69 Å². The van der Waals surface area contributed by atoms with Crippen LogP contribution in [0.3, 0.4) is 0 Å². The number of aromatic carboxylic acids is 1. The molecule has 0 bridgehead atoms. The van der Waals surface area contributed by atoms with Crippen LogP contribution in [0.1, 0.15) is 48.2 Å². The molecular formula is C11H17N3O3S. The van der Waals surface area contributed by atoms with Crippen LogP contribution in [0.4, 0.5) is 0 Å². The number of hydrogen-bond acceptors (Lipinski definition) is 5. The standard InChI is InChI=1S/C11H17N3O3S/c1-3-4-7(12)9(15)13-6(2)10-14-8(5-18-10)11(16)17/h5-7H,3-4,12H2,1-2H3,(H,13,15)(H,16,17)/t6?,7-/m0/s1. The highest BCUT2D eigenvalue weighted by Gasteiger charge is 2.19. The van der Waals surface area contributed by atoms with Gasteiger partial charge in [0.25, 0.3) is 0 Å². The number of nitrogens with one attached hydrogen (secondary N) is 1. The van der Waals surface area contributed by atoms with Crippen molar-refractivity contribution in [2.75, 3.05) is 0 Å². The lowest BCUT2D eigenvalue weighted by Crippen LogP contribution is -2.41. The number of nitrogens with zero attached hydrogens (tertiary/aromatic N) is 1. The van der Waals surface area contributed by atoms with Crippen LogP contribution in [0.2, 0.25) is 0 Å². The second kappa shape index (κ2) is 6.46. The Bertz CT molecular complexity index is 433. The zero-order chi connectivity index (χ0) is 13.7. The summed E-state index contributed by atoms with van der Waals surface area (Å²) in [6.45, 7) is 3.71. The molecule has 1 rings (SSSR count). The highest BCUT2D eigenvalue weighted by molar-refractivity contribution is 7.09. The van der Waals surface area contributed by atoms with Gasteiger partial charge in [0.1, 0.15) is 5.01 Å². The molecule has 6 nitrogen and oxygen atoms in total. The molecule has 1 amide bonds. The quantitative estimate of drug-likeness (QED) is 0.719. The summed E-state index contributed by atoms with van der Waals surface area (Å²) in [6.07, 6.45) is 1.46. The molecule has 4 N–H and O–H groups in total. The van der Waals surface area contributed by atoms with Gasteiger partial charge in [-0.3, -0.25) is 4.79 Å².